The molecule has 4 atom stereocenters. The lowest BCUT2D eigenvalue weighted by Crippen LogP contribution is -2.31. The molecule has 0 bridgehead atoms. The van der Waals surface area contributed by atoms with Crippen LogP contribution in [0.4, 0.5) is 5.69 Å². The van der Waals surface area contributed by atoms with Gasteiger partial charge in [-0.05, 0) is 24.5 Å². The molecule has 1 aromatic rings. The molecule has 0 saturated carbocycles. The molecule has 23 heavy (non-hydrogen) atoms. The lowest BCUT2D eigenvalue weighted by molar-refractivity contribution is -0.146. The Morgan fingerprint density at radius 3 is 2.52 bits per heavy atom. The van der Waals surface area contributed by atoms with Gasteiger partial charge in [-0.2, -0.15) is 0 Å². The van der Waals surface area contributed by atoms with Gasteiger partial charge < -0.3 is 4.74 Å². The number of fused-ring (bicyclic) bond motifs is 1. The summed E-state index contributed by atoms with van der Waals surface area (Å²) >= 11 is 0. The number of rotatable bonds is 3. The van der Waals surface area contributed by atoms with E-state index in [1.807, 2.05) is 12.1 Å². The normalized spacial score (nSPS) is 27.7. The third-order valence-electron chi connectivity index (χ3n) is 4.80. The molecule has 1 saturated heterocycles. The average Bonchev–Trinajstić information content (AvgIpc) is 2.84. The number of hydrogen-bond acceptors (Lipinski definition) is 4. The number of carbonyl (C=O) groups is 3. The summed E-state index contributed by atoms with van der Waals surface area (Å²) in [5, 5.41) is 0. The van der Waals surface area contributed by atoms with Crippen LogP contribution >= 0.6 is 0 Å². The molecule has 5 heteroatoms. The Hall–Kier alpha value is -2.43. The minimum Gasteiger partial charge on any atom is -0.469 e. The van der Waals surface area contributed by atoms with Crippen molar-refractivity contribution in [2.24, 2.45) is 23.7 Å². The van der Waals surface area contributed by atoms with E-state index in [0.29, 0.717) is 12.1 Å². The highest BCUT2D eigenvalue weighted by atomic mass is 16.5. The molecule has 0 unspecified atom stereocenters. The van der Waals surface area contributed by atoms with Crippen LogP contribution in [0.1, 0.15) is 13.3 Å². The quantitative estimate of drug-likeness (QED) is 0.487. The van der Waals surface area contributed by atoms with Gasteiger partial charge >= 0.3 is 5.97 Å². The highest BCUT2D eigenvalue weighted by molar-refractivity contribution is 6.22. The van der Waals surface area contributed by atoms with Gasteiger partial charge in [0.05, 0.1) is 30.6 Å². The summed E-state index contributed by atoms with van der Waals surface area (Å²) in [5.41, 5.74) is 0.600. The SMILES string of the molecule is COC(=O)[C@@H](C)[C@H]1C=C[C@H]2C(=O)N(c3ccccc3)C(=O)[C@H]2C1. The van der Waals surface area contributed by atoms with E-state index < -0.39 is 11.8 Å². The second-order valence-electron chi connectivity index (χ2n) is 6.08. The number of imide groups is 1. The fraction of sp³-hybridized carbons (Fsp3) is 0.389. The van der Waals surface area contributed by atoms with Gasteiger partial charge in [-0.3, -0.25) is 14.4 Å². The molecule has 0 N–H and O–H groups in total. The summed E-state index contributed by atoms with van der Waals surface area (Å²) in [4.78, 5) is 38.3. The highest BCUT2D eigenvalue weighted by Crippen LogP contribution is 2.40. The molecule has 1 heterocycles. The zero-order chi connectivity index (χ0) is 16.6. The van der Waals surface area contributed by atoms with E-state index in [1.165, 1.54) is 12.0 Å². The van der Waals surface area contributed by atoms with Gasteiger partial charge in [0.2, 0.25) is 11.8 Å². The van der Waals surface area contributed by atoms with Crippen molar-refractivity contribution >= 4 is 23.5 Å². The number of carbonyl (C=O) groups excluding carboxylic acids is 3. The Balaban J connectivity index is 1.85. The van der Waals surface area contributed by atoms with Crippen molar-refractivity contribution in [3.8, 4) is 0 Å². The number of ether oxygens (including phenoxy) is 1. The Morgan fingerprint density at radius 2 is 1.87 bits per heavy atom. The van der Waals surface area contributed by atoms with Crippen molar-refractivity contribution in [1.82, 2.24) is 0 Å². The summed E-state index contributed by atoms with van der Waals surface area (Å²) in [6, 6.07) is 8.96. The third-order valence-corrected chi connectivity index (χ3v) is 4.80. The van der Waals surface area contributed by atoms with Gasteiger partial charge in [0, 0.05) is 0 Å². The summed E-state index contributed by atoms with van der Waals surface area (Å²) in [6.07, 6.45) is 4.15. The molecular weight excluding hydrogens is 294 g/mol. The molecule has 5 nitrogen and oxygen atoms in total. The van der Waals surface area contributed by atoms with Crippen molar-refractivity contribution in [2.75, 3.05) is 12.0 Å². The van der Waals surface area contributed by atoms with Crippen LogP contribution in [-0.4, -0.2) is 24.9 Å². The molecule has 2 aliphatic rings. The van der Waals surface area contributed by atoms with Crippen LogP contribution < -0.4 is 4.90 Å². The van der Waals surface area contributed by atoms with Crippen LogP contribution in [0, 0.1) is 23.7 Å². The second-order valence-corrected chi connectivity index (χ2v) is 6.08. The number of amides is 2. The number of esters is 1. The van der Waals surface area contributed by atoms with Crippen molar-refractivity contribution in [2.45, 2.75) is 13.3 Å². The summed E-state index contributed by atoms with van der Waals surface area (Å²) in [6.45, 7) is 1.79. The summed E-state index contributed by atoms with van der Waals surface area (Å²) in [5.74, 6) is -1.91. The fourth-order valence-corrected chi connectivity index (χ4v) is 3.41. The first kappa shape index (κ1) is 15.5. The van der Waals surface area contributed by atoms with Crippen molar-refractivity contribution in [3.63, 3.8) is 0 Å². The number of allylic oxidation sites excluding steroid dienone is 1. The van der Waals surface area contributed by atoms with Gasteiger partial charge in [0.15, 0.2) is 0 Å². The Labute approximate surface area is 134 Å². The average molecular weight is 313 g/mol. The van der Waals surface area contributed by atoms with Gasteiger partial charge in [-0.1, -0.05) is 37.3 Å². The van der Waals surface area contributed by atoms with Gasteiger partial charge in [-0.25, -0.2) is 4.90 Å². The molecule has 1 aliphatic carbocycles. The largest absolute Gasteiger partial charge is 0.469 e. The fourth-order valence-electron chi connectivity index (χ4n) is 3.41. The Kier molecular flexibility index (Phi) is 4.03. The van der Waals surface area contributed by atoms with Crippen LogP contribution in [-0.2, 0) is 19.1 Å². The van der Waals surface area contributed by atoms with Gasteiger partial charge in [0.25, 0.3) is 0 Å². The van der Waals surface area contributed by atoms with Crippen LogP contribution in [0.5, 0.6) is 0 Å². The molecule has 120 valence electrons. The van der Waals surface area contributed by atoms with Crippen LogP contribution in [0.25, 0.3) is 0 Å². The number of nitrogens with zero attached hydrogens (tertiary/aromatic N) is 1. The number of methoxy groups -OCH3 is 1. The van der Waals surface area contributed by atoms with Crippen LogP contribution in [0.3, 0.4) is 0 Å². The number of hydrogen-bond donors (Lipinski definition) is 0. The van der Waals surface area contributed by atoms with E-state index in [9.17, 15) is 14.4 Å². The lowest BCUT2D eigenvalue weighted by Gasteiger charge is -2.26. The van der Waals surface area contributed by atoms with E-state index in [4.69, 9.17) is 4.74 Å². The van der Waals surface area contributed by atoms with E-state index in [1.54, 1.807) is 37.3 Å². The van der Waals surface area contributed by atoms with Gasteiger partial charge in [-0.15, -0.1) is 0 Å². The molecule has 3 rings (SSSR count). The minimum absolute atomic E-state index is 0.0869. The van der Waals surface area contributed by atoms with Crippen LogP contribution in [0.2, 0.25) is 0 Å². The summed E-state index contributed by atoms with van der Waals surface area (Å²) in [7, 11) is 1.36. The zero-order valence-corrected chi connectivity index (χ0v) is 13.1. The summed E-state index contributed by atoms with van der Waals surface area (Å²) < 4.78 is 4.78. The van der Waals surface area contributed by atoms with Gasteiger partial charge in [0.1, 0.15) is 0 Å². The number of benzene rings is 1. The standard InChI is InChI=1S/C18H19NO4/c1-11(18(22)23-2)12-8-9-14-15(10-12)17(21)19(16(14)20)13-6-4-3-5-7-13/h3-9,11-12,14-15H,10H2,1-2H3/t11-,12-,14+,15-/m0/s1. The van der Waals surface area contributed by atoms with Crippen molar-refractivity contribution in [3.05, 3.63) is 42.5 Å². The third kappa shape index (κ3) is 2.56. The molecule has 0 radical (unpaired) electrons. The maximum atomic E-state index is 12.7. The first-order chi connectivity index (χ1) is 11.0. The molecular formula is C18H19NO4. The first-order valence-corrected chi connectivity index (χ1v) is 7.73. The monoisotopic (exact) mass is 313 g/mol. The van der Waals surface area contributed by atoms with Crippen molar-refractivity contribution < 1.29 is 19.1 Å². The van der Waals surface area contributed by atoms with E-state index in [0.717, 1.165) is 0 Å². The smallest absolute Gasteiger partial charge is 0.308 e. The predicted molar refractivity (Wildman–Crippen MR) is 84.3 cm³/mol. The van der Waals surface area contributed by atoms with E-state index in [-0.39, 0.29) is 29.6 Å². The lowest BCUT2D eigenvalue weighted by atomic mass is 9.76. The topological polar surface area (TPSA) is 63.7 Å². The highest BCUT2D eigenvalue weighted by Gasteiger charge is 2.49. The molecule has 0 aromatic heterocycles. The number of para-hydroxylation sites is 1. The van der Waals surface area contributed by atoms with Crippen molar-refractivity contribution in [1.29, 1.82) is 0 Å². The maximum absolute atomic E-state index is 12.7. The Morgan fingerprint density at radius 1 is 1.17 bits per heavy atom. The van der Waals surface area contributed by atoms with E-state index >= 15 is 0 Å². The number of anilines is 1. The Bertz CT molecular complexity index is 667. The maximum Gasteiger partial charge on any atom is 0.308 e. The molecule has 1 aliphatic heterocycles. The molecule has 0 spiro atoms. The zero-order valence-electron chi connectivity index (χ0n) is 13.1. The second kappa shape index (κ2) is 5.99. The van der Waals surface area contributed by atoms with Crippen LogP contribution in [0.15, 0.2) is 42.5 Å². The molecule has 1 fully saturated rings. The minimum atomic E-state index is -0.427. The first-order valence-electron chi connectivity index (χ1n) is 7.73. The predicted octanol–water partition coefficient (Wildman–Crippen LogP) is 2.18. The molecule has 2 amide bonds. The van der Waals surface area contributed by atoms with E-state index in [2.05, 4.69) is 0 Å². The molecule has 1 aromatic carbocycles.